The topological polar surface area (TPSA) is 244 Å². The summed E-state index contributed by atoms with van der Waals surface area (Å²) in [5.74, 6) is -2.50. The number of hydrogen-bond donors (Lipinski definition) is 8. The fourth-order valence-electron chi connectivity index (χ4n) is 2.90. The molecule has 14 nitrogen and oxygen atoms in total. The van der Waals surface area contributed by atoms with Gasteiger partial charge < -0.3 is 43.2 Å². The smallest absolute Gasteiger partial charge is 0.325 e. The van der Waals surface area contributed by atoms with Crippen molar-refractivity contribution in [1.29, 1.82) is 0 Å². The number of aromatic amines is 1. The van der Waals surface area contributed by atoms with Crippen molar-refractivity contribution in [3.8, 4) is 0 Å². The van der Waals surface area contributed by atoms with Crippen LogP contribution in [-0.2, 0) is 25.6 Å². The number of aliphatic imine (C=N–C) groups is 1. The number of rotatable bonds is 16. The van der Waals surface area contributed by atoms with E-state index < -0.39 is 47.9 Å². The number of carbonyl (C=O) groups is 4. The van der Waals surface area contributed by atoms with Gasteiger partial charge in [0.2, 0.25) is 17.7 Å². The maximum absolute atomic E-state index is 13.1. The fourth-order valence-corrected chi connectivity index (χ4v) is 3.39. The number of nitrogens with two attached hydrogens (primary N) is 3. The Morgan fingerprint density at radius 3 is 2.34 bits per heavy atom. The van der Waals surface area contributed by atoms with E-state index in [9.17, 15) is 19.2 Å². The van der Waals surface area contributed by atoms with Gasteiger partial charge in [0, 0.05) is 24.9 Å². The van der Waals surface area contributed by atoms with E-state index >= 15 is 0 Å². The number of carboxylic acids is 1. The predicted octanol–water partition coefficient (Wildman–Crippen LogP) is -2.35. The van der Waals surface area contributed by atoms with Crippen molar-refractivity contribution in [1.82, 2.24) is 25.9 Å². The van der Waals surface area contributed by atoms with Gasteiger partial charge in [0.1, 0.15) is 18.1 Å². The number of amides is 3. The first kappa shape index (κ1) is 29.7. The minimum absolute atomic E-state index is 0.0197. The Kier molecular flexibility index (Phi) is 13.2. The molecule has 4 atom stereocenters. The van der Waals surface area contributed by atoms with E-state index in [1.807, 2.05) is 6.26 Å². The zero-order valence-corrected chi connectivity index (χ0v) is 20.6. The number of H-pyrrole nitrogens is 1. The zero-order chi connectivity index (χ0) is 26.4. The number of guanidine groups is 1. The number of nitrogens with one attached hydrogen (secondary N) is 4. The van der Waals surface area contributed by atoms with Crippen molar-refractivity contribution in [2.75, 3.05) is 18.6 Å². The summed E-state index contributed by atoms with van der Waals surface area (Å²) in [4.78, 5) is 60.2. The number of nitrogens with zero attached hydrogens (tertiary/aromatic N) is 2. The first-order chi connectivity index (χ1) is 16.5. The molecule has 0 aliphatic rings. The number of hydrogen-bond acceptors (Lipinski definition) is 8. The molecule has 0 fully saturated rings. The van der Waals surface area contributed by atoms with Gasteiger partial charge in [-0.2, -0.15) is 11.8 Å². The van der Waals surface area contributed by atoms with E-state index in [0.29, 0.717) is 24.3 Å². The second-order valence-corrected chi connectivity index (χ2v) is 8.79. The van der Waals surface area contributed by atoms with Crippen LogP contribution in [0.4, 0.5) is 0 Å². The van der Waals surface area contributed by atoms with Gasteiger partial charge in [0.15, 0.2) is 5.96 Å². The van der Waals surface area contributed by atoms with Crippen molar-refractivity contribution in [3.05, 3.63) is 18.2 Å². The van der Waals surface area contributed by atoms with Crippen LogP contribution >= 0.6 is 11.8 Å². The van der Waals surface area contributed by atoms with Gasteiger partial charge in [-0.05, 0) is 38.2 Å². The SMILES string of the molecule is CSCCC(N)C(=O)NC(CCCN=C(N)N)C(=O)NC(Cc1cnc[nH]1)C(=O)NC(C)C(=O)O. The molecule has 0 spiro atoms. The summed E-state index contributed by atoms with van der Waals surface area (Å²) in [6, 6.07) is -4.14. The Morgan fingerprint density at radius 2 is 1.77 bits per heavy atom. The van der Waals surface area contributed by atoms with Gasteiger partial charge in [-0.3, -0.25) is 24.2 Å². The van der Waals surface area contributed by atoms with Crippen LogP contribution in [0.2, 0.25) is 0 Å². The standard InChI is InChI=1S/C20H35N9O5S/c1-11(19(33)34)27-18(32)15(8-12-9-24-10-26-12)29-17(31)14(4-3-6-25-20(22)23)28-16(30)13(21)5-7-35-2/h9-11,13-15H,3-8,21H2,1-2H3,(H,24,26)(H,27,32)(H,28,30)(H,29,31)(H,33,34)(H4,22,23,25). The molecule has 0 aromatic carbocycles. The zero-order valence-electron chi connectivity index (χ0n) is 19.8. The molecular weight excluding hydrogens is 478 g/mol. The lowest BCUT2D eigenvalue weighted by atomic mass is 10.1. The molecule has 3 amide bonds. The molecule has 1 aromatic heterocycles. The maximum Gasteiger partial charge on any atom is 0.325 e. The lowest BCUT2D eigenvalue weighted by Crippen LogP contribution is -2.57. The highest BCUT2D eigenvalue weighted by atomic mass is 32.2. The molecule has 196 valence electrons. The van der Waals surface area contributed by atoms with Crippen molar-refractivity contribution >= 4 is 41.4 Å². The number of aromatic nitrogens is 2. The Bertz CT molecular complexity index is 861. The molecule has 35 heavy (non-hydrogen) atoms. The molecule has 0 aliphatic heterocycles. The predicted molar refractivity (Wildman–Crippen MR) is 132 cm³/mol. The molecular formula is C20H35N9O5S. The summed E-state index contributed by atoms with van der Waals surface area (Å²) >= 11 is 1.54. The van der Waals surface area contributed by atoms with E-state index in [0.717, 1.165) is 0 Å². The van der Waals surface area contributed by atoms with E-state index in [1.165, 1.54) is 19.4 Å². The third-order valence-corrected chi connectivity index (χ3v) is 5.53. The minimum atomic E-state index is -1.23. The van der Waals surface area contributed by atoms with Crippen LogP contribution in [0.3, 0.4) is 0 Å². The monoisotopic (exact) mass is 513 g/mol. The fraction of sp³-hybridized carbons (Fsp3) is 0.600. The summed E-state index contributed by atoms with van der Waals surface area (Å²) in [6.07, 6.45) is 5.76. The van der Waals surface area contributed by atoms with Gasteiger partial charge in [-0.15, -0.1) is 0 Å². The van der Waals surface area contributed by atoms with Crippen molar-refractivity contribution in [2.45, 2.75) is 56.8 Å². The number of thioether (sulfide) groups is 1. The molecule has 11 N–H and O–H groups in total. The van der Waals surface area contributed by atoms with Crippen LogP contribution in [0.15, 0.2) is 17.5 Å². The molecule has 4 unspecified atom stereocenters. The molecule has 0 radical (unpaired) electrons. The second-order valence-electron chi connectivity index (χ2n) is 7.81. The number of imidazole rings is 1. The molecule has 1 rings (SSSR count). The molecule has 1 heterocycles. The lowest BCUT2D eigenvalue weighted by Gasteiger charge is -2.24. The first-order valence-electron chi connectivity index (χ1n) is 11.0. The van der Waals surface area contributed by atoms with Crippen molar-refractivity contribution in [2.24, 2.45) is 22.2 Å². The van der Waals surface area contributed by atoms with Gasteiger partial charge in [0.25, 0.3) is 0 Å². The highest BCUT2D eigenvalue weighted by molar-refractivity contribution is 7.98. The van der Waals surface area contributed by atoms with Crippen molar-refractivity contribution < 1.29 is 24.3 Å². The number of carbonyl (C=O) groups excluding carboxylic acids is 3. The van der Waals surface area contributed by atoms with E-state index in [1.54, 1.807) is 11.8 Å². The number of aliphatic carboxylic acids is 1. The molecule has 1 aromatic rings. The molecule has 0 saturated heterocycles. The van der Waals surface area contributed by atoms with Crippen LogP contribution in [-0.4, -0.2) is 87.4 Å². The Balaban J connectivity index is 2.99. The Hall–Kier alpha value is -3.33. The normalized spacial score (nSPS) is 14.1. The molecule has 15 heteroatoms. The minimum Gasteiger partial charge on any atom is -0.480 e. The summed E-state index contributed by atoms with van der Waals surface area (Å²) < 4.78 is 0. The third kappa shape index (κ3) is 11.6. The highest BCUT2D eigenvalue weighted by Gasteiger charge is 2.29. The van der Waals surface area contributed by atoms with Crippen LogP contribution in [0.5, 0.6) is 0 Å². The van der Waals surface area contributed by atoms with E-state index in [2.05, 4.69) is 30.9 Å². The first-order valence-corrected chi connectivity index (χ1v) is 12.4. The van der Waals surface area contributed by atoms with Crippen LogP contribution in [0, 0.1) is 0 Å². The highest BCUT2D eigenvalue weighted by Crippen LogP contribution is 2.05. The van der Waals surface area contributed by atoms with Gasteiger partial charge in [0.05, 0.1) is 12.4 Å². The summed E-state index contributed by atoms with van der Waals surface area (Å²) in [7, 11) is 0. The Morgan fingerprint density at radius 1 is 1.11 bits per heavy atom. The van der Waals surface area contributed by atoms with Gasteiger partial charge in [-0.1, -0.05) is 0 Å². The maximum atomic E-state index is 13.1. The average molecular weight is 514 g/mol. The van der Waals surface area contributed by atoms with Crippen LogP contribution in [0.1, 0.15) is 31.9 Å². The summed E-state index contributed by atoms with van der Waals surface area (Å²) in [5.41, 5.74) is 17.1. The van der Waals surface area contributed by atoms with Crippen molar-refractivity contribution in [3.63, 3.8) is 0 Å². The summed E-state index contributed by atoms with van der Waals surface area (Å²) in [5, 5.41) is 16.7. The quantitative estimate of drug-likeness (QED) is 0.0664. The van der Waals surface area contributed by atoms with E-state index in [4.69, 9.17) is 22.3 Å². The molecule has 0 bridgehead atoms. The Labute approximate surface area is 207 Å². The van der Waals surface area contributed by atoms with E-state index in [-0.39, 0.29) is 25.3 Å². The third-order valence-electron chi connectivity index (χ3n) is 4.89. The summed E-state index contributed by atoms with van der Waals surface area (Å²) in [6.45, 7) is 1.53. The largest absolute Gasteiger partial charge is 0.480 e. The molecule has 0 aliphatic carbocycles. The molecule has 0 saturated carbocycles. The van der Waals surface area contributed by atoms with Crippen LogP contribution < -0.4 is 33.2 Å². The number of carboxylic acid groups (broad SMARTS) is 1. The average Bonchev–Trinajstić information content (AvgIpc) is 3.31. The van der Waals surface area contributed by atoms with Gasteiger partial charge >= 0.3 is 5.97 Å². The second kappa shape index (κ2) is 15.5. The lowest BCUT2D eigenvalue weighted by molar-refractivity contribution is -0.141. The van der Waals surface area contributed by atoms with Gasteiger partial charge in [-0.25, -0.2) is 4.98 Å². The van der Waals surface area contributed by atoms with Crippen LogP contribution in [0.25, 0.3) is 0 Å².